The molecule has 0 bridgehead atoms. The number of carbonyl (C=O) groups is 2. The van der Waals surface area contributed by atoms with Gasteiger partial charge in [-0.25, -0.2) is 9.59 Å². The number of nitrogens with zero attached hydrogens (tertiary/aromatic N) is 2. The van der Waals surface area contributed by atoms with Gasteiger partial charge in [-0.2, -0.15) is 5.10 Å². The number of aliphatic carboxylic acids is 1. The van der Waals surface area contributed by atoms with Gasteiger partial charge in [0.1, 0.15) is 6.04 Å². The van der Waals surface area contributed by atoms with Crippen molar-refractivity contribution in [3.05, 3.63) is 18.0 Å². The lowest BCUT2D eigenvalue weighted by molar-refractivity contribution is -0.139. The van der Waals surface area contributed by atoms with Crippen molar-refractivity contribution in [1.29, 1.82) is 0 Å². The Morgan fingerprint density at radius 2 is 2.32 bits per heavy atom. The summed E-state index contributed by atoms with van der Waals surface area (Å²) < 4.78 is 1.70. The molecule has 104 valence electrons. The Bertz CT molecular complexity index is 467. The second-order valence-electron chi connectivity index (χ2n) is 4.83. The van der Waals surface area contributed by atoms with Crippen LogP contribution in [-0.4, -0.2) is 39.5 Å². The first-order valence-electron chi connectivity index (χ1n) is 6.31. The largest absolute Gasteiger partial charge is 0.480 e. The minimum absolute atomic E-state index is 0.0848. The lowest BCUT2D eigenvalue weighted by Gasteiger charge is -2.14. The summed E-state index contributed by atoms with van der Waals surface area (Å²) in [6.45, 7) is 0.453. The Morgan fingerprint density at radius 3 is 2.84 bits per heavy atom. The van der Waals surface area contributed by atoms with Crippen molar-refractivity contribution in [2.75, 3.05) is 6.54 Å². The molecule has 1 aromatic rings. The molecule has 2 amide bonds. The number of amides is 2. The molecule has 1 aromatic heterocycles. The number of aryl methyl sites for hydroxylation is 1. The smallest absolute Gasteiger partial charge is 0.326 e. The number of carbonyl (C=O) groups excluding carboxylic acids is 1. The Hall–Kier alpha value is -2.05. The van der Waals surface area contributed by atoms with E-state index in [0.717, 1.165) is 18.4 Å². The van der Waals surface area contributed by atoms with Crippen molar-refractivity contribution < 1.29 is 14.7 Å². The number of nitrogens with one attached hydrogen (secondary N) is 2. The fourth-order valence-corrected chi connectivity index (χ4v) is 1.92. The van der Waals surface area contributed by atoms with Crippen LogP contribution in [0.3, 0.4) is 0 Å². The monoisotopic (exact) mass is 266 g/mol. The van der Waals surface area contributed by atoms with Crippen LogP contribution in [0.25, 0.3) is 0 Å². The molecule has 0 saturated heterocycles. The third-order valence-corrected chi connectivity index (χ3v) is 3.10. The fourth-order valence-electron chi connectivity index (χ4n) is 1.92. The molecule has 19 heavy (non-hydrogen) atoms. The van der Waals surface area contributed by atoms with Crippen molar-refractivity contribution in [3.63, 3.8) is 0 Å². The van der Waals surface area contributed by atoms with E-state index in [0.29, 0.717) is 13.0 Å². The molecule has 1 heterocycles. The highest BCUT2D eigenvalue weighted by molar-refractivity contribution is 5.83. The van der Waals surface area contributed by atoms with Crippen LogP contribution in [0, 0.1) is 5.92 Å². The molecule has 1 fully saturated rings. The van der Waals surface area contributed by atoms with Crippen molar-refractivity contribution in [2.24, 2.45) is 13.0 Å². The SMILES string of the molecule is Cn1cc(CCNC(=O)NC(C(=O)O)C2CC2)cn1. The van der Waals surface area contributed by atoms with E-state index < -0.39 is 18.0 Å². The molecule has 1 aliphatic carbocycles. The van der Waals surface area contributed by atoms with E-state index in [4.69, 9.17) is 5.11 Å². The molecular formula is C12H18N4O3. The number of carboxylic acid groups (broad SMARTS) is 1. The predicted molar refractivity (Wildman–Crippen MR) is 67.6 cm³/mol. The average Bonchev–Trinajstić information content (AvgIpc) is 3.10. The Kier molecular flexibility index (Phi) is 4.03. The Labute approximate surface area is 111 Å². The summed E-state index contributed by atoms with van der Waals surface area (Å²) in [5.74, 6) is -0.883. The summed E-state index contributed by atoms with van der Waals surface area (Å²) in [5, 5.41) is 18.2. The number of hydrogen-bond donors (Lipinski definition) is 3. The molecule has 1 aliphatic rings. The van der Waals surface area contributed by atoms with Gasteiger partial charge in [0.15, 0.2) is 0 Å². The molecule has 0 radical (unpaired) electrons. The summed E-state index contributed by atoms with van der Waals surface area (Å²) in [6.07, 6.45) is 6.02. The second kappa shape index (κ2) is 5.73. The van der Waals surface area contributed by atoms with Gasteiger partial charge in [0.05, 0.1) is 6.20 Å². The van der Waals surface area contributed by atoms with E-state index in [9.17, 15) is 9.59 Å². The topological polar surface area (TPSA) is 96.2 Å². The van der Waals surface area contributed by atoms with Crippen LogP contribution in [0.15, 0.2) is 12.4 Å². The number of hydrogen-bond acceptors (Lipinski definition) is 3. The van der Waals surface area contributed by atoms with Gasteiger partial charge >= 0.3 is 12.0 Å². The highest BCUT2D eigenvalue weighted by Crippen LogP contribution is 2.32. The molecule has 1 saturated carbocycles. The standard InChI is InChI=1S/C12H18N4O3/c1-16-7-8(6-14-16)4-5-13-12(19)15-10(11(17)18)9-2-3-9/h6-7,9-10H,2-5H2,1H3,(H,17,18)(H2,13,15,19). The minimum atomic E-state index is -0.968. The van der Waals surface area contributed by atoms with E-state index in [1.165, 1.54) is 0 Å². The van der Waals surface area contributed by atoms with Gasteiger partial charge in [-0.1, -0.05) is 0 Å². The van der Waals surface area contributed by atoms with Crippen molar-refractivity contribution in [1.82, 2.24) is 20.4 Å². The highest BCUT2D eigenvalue weighted by atomic mass is 16.4. The maximum Gasteiger partial charge on any atom is 0.326 e. The van der Waals surface area contributed by atoms with Crippen molar-refractivity contribution >= 4 is 12.0 Å². The predicted octanol–water partition coefficient (Wildman–Crippen LogP) is 0.125. The van der Waals surface area contributed by atoms with Crippen molar-refractivity contribution in [2.45, 2.75) is 25.3 Å². The quantitative estimate of drug-likeness (QED) is 0.681. The van der Waals surface area contributed by atoms with Crippen LogP contribution in [0.5, 0.6) is 0 Å². The molecule has 7 nitrogen and oxygen atoms in total. The number of urea groups is 1. The first-order valence-corrected chi connectivity index (χ1v) is 6.31. The van der Waals surface area contributed by atoms with Crippen molar-refractivity contribution in [3.8, 4) is 0 Å². The molecule has 7 heteroatoms. The van der Waals surface area contributed by atoms with E-state index in [1.807, 2.05) is 13.2 Å². The highest BCUT2D eigenvalue weighted by Gasteiger charge is 2.37. The summed E-state index contributed by atoms with van der Waals surface area (Å²) in [4.78, 5) is 22.5. The summed E-state index contributed by atoms with van der Waals surface area (Å²) in [7, 11) is 1.83. The molecule has 3 N–H and O–H groups in total. The molecule has 0 aromatic carbocycles. The zero-order valence-corrected chi connectivity index (χ0v) is 10.8. The Morgan fingerprint density at radius 1 is 1.58 bits per heavy atom. The van der Waals surface area contributed by atoms with Gasteiger partial charge < -0.3 is 15.7 Å². The maximum absolute atomic E-state index is 11.6. The summed E-state index contributed by atoms with van der Waals surface area (Å²) in [6, 6.07) is -1.19. The number of aromatic nitrogens is 2. The van der Waals surface area contributed by atoms with Crippen LogP contribution in [-0.2, 0) is 18.3 Å². The normalized spacial score (nSPS) is 15.8. The molecule has 1 unspecified atom stereocenters. The summed E-state index contributed by atoms with van der Waals surface area (Å²) in [5.41, 5.74) is 1.03. The zero-order valence-electron chi connectivity index (χ0n) is 10.8. The number of rotatable bonds is 6. The van der Waals surface area contributed by atoms with Crippen LogP contribution in [0.1, 0.15) is 18.4 Å². The van der Waals surface area contributed by atoms with Crippen LogP contribution >= 0.6 is 0 Å². The van der Waals surface area contributed by atoms with E-state index in [2.05, 4.69) is 15.7 Å². The van der Waals surface area contributed by atoms with Gasteiger partial charge in [-0.3, -0.25) is 4.68 Å². The van der Waals surface area contributed by atoms with Gasteiger partial charge in [-0.05, 0) is 30.7 Å². The van der Waals surface area contributed by atoms with E-state index in [-0.39, 0.29) is 5.92 Å². The molecule has 0 spiro atoms. The average molecular weight is 266 g/mol. The van der Waals surface area contributed by atoms with Gasteiger partial charge in [0, 0.05) is 19.8 Å². The van der Waals surface area contributed by atoms with E-state index in [1.54, 1.807) is 10.9 Å². The number of carboxylic acids is 1. The second-order valence-corrected chi connectivity index (χ2v) is 4.83. The minimum Gasteiger partial charge on any atom is -0.480 e. The van der Waals surface area contributed by atoms with Crippen LogP contribution in [0.4, 0.5) is 4.79 Å². The van der Waals surface area contributed by atoms with Gasteiger partial charge in [0.25, 0.3) is 0 Å². The zero-order chi connectivity index (χ0) is 13.8. The summed E-state index contributed by atoms with van der Waals surface area (Å²) >= 11 is 0. The van der Waals surface area contributed by atoms with E-state index >= 15 is 0 Å². The first-order chi connectivity index (χ1) is 9.06. The maximum atomic E-state index is 11.6. The van der Waals surface area contributed by atoms with Crippen LogP contribution < -0.4 is 10.6 Å². The first kappa shape index (κ1) is 13.4. The Balaban J connectivity index is 1.70. The lowest BCUT2D eigenvalue weighted by Crippen LogP contribution is -2.47. The van der Waals surface area contributed by atoms with Gasteiger partial charge in [0.2, 0.25) is 0 Å². The third kappa shape index (κ3) is 3.97. The molecule has 2 rings (SSSR count). The molecular weight excluding hydrogens is 248 g/mol. The molecule has 0 aliphatic heterocycles. The third-order valence-electron chi connectivity index (χ3n) is 3.10. The fraction of sp³-hybridized carbons (Fsp3) is 0.583. The lowest BCUT2D eigenvalue weighted by atomic mass is 10.2. The van der Waals surface area contributed by atoms with Gasteiger partial charge in [-0.15, -0.1) is 0 Å². The van der Waals surface area contributed by atoms with Crippen LogP contribution in [0.2, 0.25) is 0 Å². The molecule has 1 atom stereocenters.